The first-order valence-corrected chi connectivity index (χ1v) is 7.25. The molecule has 1 aromatic rings. The van der Waals surface area contributed by atoms with Crippen LogP contribution in [-0.2, 0) is 4.79 Å². The summed E-state index contributed by atoms with van der Waals surface area (Å²) in [5.74, 6) is 0.0814. The normalized spacial score (nSPS) is 10.7. The van der Waals surface area contributed by atoms with Crippen LogP contribution < -0.4 is 10.6 Å². The highest BCUT2D eigenvalue weighted by Crippen LogP contribution is 2.11. The fourth-order valence-electron chi connectivity index (χ4n) is 1.21. The first kappa shape index (κ1) is 15.8. The minimum atomic E-state index is -0.398. The topological polar surface area (TPSA) is 64.9 Å². The molecular weight excluding hydrogens is 377 g/mol. The summed E-state index contributed by atoms with van der Waals surface area (Å²) in [6.45, 7) is 0.463. The zero-order valence-electron chi connectivity index (χ0n) is 10.1. The second-order valence-electron chi connectivity index (χ2n) is 3.62. The van der Waals surface area contributed by atoms with Crippen LogP contribution in [-0.4, -0.2) is 18.3 Å². The summed E-state index contributed by atoms with van der Waals surface area (Å²) in [7, 11) is 0. The summed E-state index contributed by atoms with van der Waals surface area (Å²) < 4.78 is 1.12. The van der Waals surface area contributed by atoms with Crippen molar-refractivity contribution in [1.29, 1.82) is 5.26 Å². The van der Waals surface area contributed by atoms with Crippen molar-refractivity contribution in [2.24, 2.45) is 0 Å². The molecule has 0 spiro atoms. The maximum Gasteiger partial charge on any atom is 0.263 e. The van der Waals surface area contributed by atoms with Crippen molar-refractivity contribution < 1.29 is 4.79 Å². The first-order valence-electron chi connectivity index (χ1n) is 5.64. The number of nitriles is 1. The highest BCUT2D eigenvalue weighted by molar-refractivity contribution is 14.1. The number of nitrogens with one attached hydrogen (secondary N) is 2. The lowest BCUT2D eigenvalue weighted by molar-refractivity contribution is -0.117. The smallest absolute Gasteiger partial charge is 0.263 e. The van der Waals surface area contributed by atoms with E-state index in [9.17, 15) is 4.79 Å². The molecule has 0 fully saturated rings. The Balaban J connectivity index is 2.59. The van der Waals surface area contributed by atoms with Crippen LogP contribution in [0, 0.1) is 14.9 Å². The molecule has 1 rings (SSSR count). The number of anilines is 1. The predicted octanol–water partition coefficient (Wildman–Crippen LogP) is 2.86. The van der Waals surface area contributed by atoms with E-state index in [4.69, 9.17) is 16.9 Å². The number of nitrogens with zero attached hydrogens (tertiary/aromatic N) is 1. The lowest BCUT2D eigenvalue weighted by atomic mass is 10.2. The lowest BCUT2D eigenvalue weighted by Crippen LogP contribution is -2.26. The Hall–Kier alpha value is -1.26. The molecule has 1 amide bonds. The van der Waals surface area contributed by atoms with Crippen LogP contribution in [0.25, 0.3) is 0 Å². The summed E-state index contributed by atoms with van der Waals surface area (Å²) in [6, 6.07) is 9.48. The van der Waals surface area contributed by atoms with Crippen LogP contribution in [0.1, 0.15) is 6.42 Å². The van der Waals surface area contributed by atoms with E-state index in [1.807, 2.05) is 30.3 Å². The van der Waals surface area contributed by atoms with Crippen molar-refractivity contribution in [1.82, 2.24) is 5.32 Å². The van der Waals surface area contributed by atoms with Gasteiger partial charge in [-0.15, -0.1) is 11.6 Å². The molecule has 0 aromatic heterocycles. The second kappa shape index (κ2) is 8.77. The van der Waals surface area contributed by atoms with Gasteiger partial charge in [0, 0.05) is 27.9 Å². The quantitative estimate of drug-likeness (QED) is 0.258. The third-order valence-corrected chi connectivity index (χ3v) is 3.17. The van der Waals surface area contributed by atoms with Crippen molar-refractivity contribution in [2.75, 3.05) is 17.7 Å². The van der Waals surface area contributed by atoms with Gasteiger partial charge in [-0.2, -0.15) is 5.26 Å². The van der Waals surface area contributed by atoms with Crippen LogP contribution in [0.2, 0.25) is 0 Å². The highest BCUT2D eigenvalue weighted by atomic mass is 127. The van der Waals surface area contributed by atoms with Crippen molar-refractivity contribution in [2.45, 2.75) is 6.42 Å². The maximum absolute atomic E-state index is 11.6. The predicted molar refractivity (Wildman–Crippen MR) is 84.8 cm³/mol. The highest BCUT2D eigenvalue weighted by Gasteiger charge is 2.07. The molecule has 0 aliphatic heterocycles. The Morgan fingerprint density at radius 3 is 2.68 bits per heavy atom. The molecule has 0 saturated heterocycles. The Kier molecular flexibility index (Phi) is 7.30. The summed E-state index contributed by atoms with van der Waals surface area (Å²) in [6.07, 6.45) is 2.08. The Morgan fingerprint density at radius 2 is 2.11 bits per heavy atom. The number of alkyl halides is 1. The standard InChI is InChI=1S/C13H13ClIN3O/c14-6-1-7-17-13(19)10(8-16)9-18-12-4-2-11(15)3-5-12/h2-5,9,18H,1,6-7H2,(H,17,19)/b10-9-. The molecular formula is C13H13ClIN3O. The zero-order valence-corrected chi connectivity index (χ0v) is 13.0. The van der Waals surface area contributed by atoms with Gasteiger partial charge in [0.1, 0.15) is 11.6 Å². The van der Waals surface area contributed by atoms with E-state index in [1.165, 1.54) is 6.20 Å². The second-order valence-corrected chi connectivity index (χ2v) is 5.24. The monoisotopic (exact) mass is 389 g/mol. The SMILES string of the molecule is N#C/C(=C/Nc1ccc(I)cc1)C(=O)NCCCCl. The van der Waals surface area contributed by atoms with E-state index < -0.39 is 5.91 Å². The van der Waals surface area contributed by atoms with Crippen LogP contribution in [0.15, 0.2) is 36.0 Å². The number of benzene rings is 1. The average Bonchev–Trinajstić information content (AvgIpc) is 2.42. The zero-order chi connectivity index (χ0) is 14.1. The number of halogens is 2. The van der Waals surface area contributed by atoms with E-state index in [1.54, 1.807) is 0 Å². The molecule has 0 unspecified atom stereocenters. The molecule has 0 atom stereocenters. The molecule has 100 valence electrons. The molecule has 1 aromatic carbocycles. The van der Waals surface area contributed by atoms with Gasteiger partial charge in [0.25, 0.3) is 5.91 Å². The van der Waals surface area contributed by atoms with E-state index in [-0.39, 0.29) is 5.57 Å². The lowest BCUT2D eigenvalue weighted by Gasteiger charge is -2.04. The molecule has 0 heterocycles. The van der Waals surface area contributed by atoms with Gasteiger partial charge in [0.15, 0.2) is 0 Å². The maximum atomic E-state index is 11.6. The third kappa shape index (κ3) is 5.94. The van der Waals surface area contributed by atoms with Gasteiger partial charge < -0.3 is 10.6 Å². The van der Waals surface area contributed by atoms with Gasteiger partial charge in [-0.3, -0.25) is 4.79 Å². The van der Waals surface area contributed by atoms with Crippen molar-refractivity contribution in [3.8, 4) is 6.07 Å². The summed E-state index contributed by atoms with van der Waals surface area (Å²) in [4.78, 5) is 11.6. The molecule has 4 nitrogen and oxygen atoms in total. The molecule has 19 heavy (non-hydrogen) atoms. The Bertz CT molecular complexity index is 494. The molecule has 0 radical (unpaired) electrons. The molecule has 0 saturated carbocycles. The largest absolute Gasteiger partial charge is 0.360 e. The molecule has 0 aliphatic carbocycles. The van der Waals surface area contributed by atoms with E-state index >= 15 is 0 Å². The molecule has 0 aliphatic rings. The van der Waals surface area contributed by atoms with Gasteiger partial charge in [0.05, 0.1) is 0 Å². The molecule has 0 bridgehead atoms. The van der Waals surface area contributed by atoms with Crippen molar-refractivity contribution in [3.63, 3.8) is 0 Å². The number of carbonyl (C=O) groups excluding carboxylic acids is 1. The molecule has 2 N–H and O–H groups in total. The first-order chi connectivity index (χ1) is 9.17. The van der Waals surface area contributed by atoms with Crippen molar-refractivity contribution >= 4 is 45.8 Å². The number of hydrogen-bond acceptors (Lipinski definition) is 3. The van der Waals surface area contributed by atoms with Gasteiger partial charge in [0.2, 0.25) is 0 Å². The number of carbonyl (C=O) groups is 1. The van der Waals surface area contributed by atoms with E-state index in [0.717, 1.165) is 9.26 Å². The van der Waals surface area contributed by atoms with Crippen LogP contribution in [0.3, 0.4) is 0 Å². The van der Waals surface area contributed by atoms with Crippen LogP contribution in [0.4, 0.5) is 5.69 Å². The summed E-state index contributed by atoms with van der Waals surface area (Å²) in [5, 5.41) is 14.5. The number of amides is 1. The summed E-state index contributed by atoms with van der Waals surface area (Å²) >= 11 is 7.71. The van der Waals surface area contributed by atoms with E-state index in [2.05, 4.69) is 33.2 Å². The van der Waals surface area contributed by atoms with Crippen molar-refractivity contribution in [3.05, 3.63) is 39.6 Å². The van der Waals surface area contributed by atoms with Gasteiger partial charge in [-0.25, -0.2) is 0 Å². The number of hydrogen-bond donors (Lipinski definition) is 2. The summed E-state index contributed by atoms with van der Waals surface area (Å²) in [5.41, 5.74) is 0.856. The Morgan fingerprint density at radius 1 is 1.42 bits per heavy atom. The number of rotatable bonds is 6. The van der Waals surface area contributed by atoms with Gasteiger partial charge >= 0.3 is 0 Å². The van der Waals surface area contributed by atoms with E-state index in [0.29, 0.717) is 18.8 Å². The molecule has 6 heteroatoms. The third-order valence-electron chi connectivity index (χ3n) is 2.19. The van der Waals surface area contributed by atoms with Gasteiger partial charge in [-0.05, 0) is 53.3 Å². The fourth-order valence-corrected chi connectivity index (χ4v) is 1.71. The minimum absolute atomic E-state index is 0.0353. The van der Waals surface area contributed by atoms with Gasteiger partial charge in [-0.1, -0.05) is 0 Å². The average molecular weight is 390 g/mol. The minimum Gasteiger partial charge on any atom is -0.360 e. The Labute approximate surface area is 131 Å². The fraction of sp³-hybridized carbons (Fsp3) is 0.231. The van der Waals surface area contributed by atoms with Crippen LogP contribution in [0.5, 0.6) is 0 Å². The van der Waals surface area contributed by atoms with Crippen LogP contribution >= 0.6 is 34.2 Å².